The molecule has 0 unspecified atom stereocenters. The maximum absolute atomic E-state index is 12.1. The number of hydrogen-bond donors (Lipinski definition) is 2. The number of anilines is 2. The van der Waals surface area contributed by atoms with Crippen molar-refractivity contribution in [2.24, 2.45) is 0 Å². The largest absolute Gasteiger partial charge is 0.486 e. The number of fused-ring (bicyclic) bond motifs is 1. The molecule has 1 amide bonds. The highest BCUT2D eigenvalue weighted by molar-refractivity contribution is 6.06. The molecule has 2 aromatic rings. The number of aryl methyl sites for hydroxylation is 1. The third-order valence-electron chi connectivity index (χ3n) is 3.07. The average Bonchev–Trinajstić information content (AvgIpc) is 2.86. The molecule has 6 heteroatoms. The van der Waals surface area contributed by atoms with Crippen LogP contribution in [0.4, 0.5) is 11.4 Å². The molecule has 2 heterocycles. The Kier molecular flexibility index (Phi) is 2.98. The van der Waals surface area contributed by atoms with Gasteiger partial charge in [0.1, 0.15) is 19.0 Å². The van der Waals surface area contributed by atoms with Crippen LogP contribution in [0.2, 0.25) is 0 Å². The van der Waals surface area contributed by atoms with Crippen LogP contribution >= 0.6 is 0 Å². The van der Waals surface area contributed by atoms with E-state index in [0.29, 0.717) is 47.4 Å². The van der Waals surface area contributed by atoms with Gasteiger partial charge in [-0.25, -0.2) is 0 Å². The van der Waals surface area contributed by atoms with E-state index < -0.39 is 0 Å². The molecule has 1 aliphatic heterocycles. The first-order valence-electron chi connectivity index (χ1n) is 6.19. The second-order valence-corrected chi connectivity index (χ2v) is 4.43. The molecule has 1 aliphatic rings. The maximum Gasteiger partial charge on any atom is 0.259 e. The van der Waals surface area contributed by atoms with Gasteiger partial charge in [-0.3, -0.25) is 4.79 Å². The number of nitrogens with one attached hydrogen (secondary N) is 1. The smallest absolute Gasteiger partial charge is 0.259 e. The van der Waals surface area contributed by atoms with Gasteiger partial charge in [0.2, 0.25) is 0 Å². The quantitative estimate of drug-likeness (QED) is 0.820. The topological polar surface area (TPSA) is 86.7 Å². The van der Waals surface area contributed by atoms with Gasteiger partial charge in [0.05, 0.1) is 23.2 Å². The molecule has 6 nitrogen and oxygen atoms in total. The summed E-state index contributed by atoms with van der Waals surface area (Å²) < 4.78 is 16.0. The average molecular weight is 274 g/mol. The van der Waals surface area contributed by atoms with E-state index >= 15 is 0 Å². The van der Waals surface area contributed by atoms with Crippen molar-refractivity contribution in [3.8, 4) is 11.5 Å². The second-order valence-electron chi connectivity index (χ2n) is 4.43. The number of carbonyl (C=O) groups excluding carboxylic acids is 1. The van der Waals surface area contributed by atoms with Crippen molar-refractivity contribution >= 4 is 17.3 Å². The Balaban J connectivity index is 1.87. The van der Waals surface area contributed by atoms with E-state index in [0.717, 1.165) is 0 Å². The van der Waals surface area contributed by atoms with Gasteiger partial charge in [0.25, 0.3) is 5.91 Å². The summed E-state index contributed by atoms with van der Waals surface area (Å²) in [5.41, 5.74) is 7.29. The molecule has 0 radical (unpaired) electrons. The number of rotatable bonds is 2. The molecule has 1 aromatic carbocycles. The van der Waals surface area contributed by atoms with Gasteiger partial charge in [-0.05, 0) is 13.0 Å². The number of carbonyl (C=O) groups is 1. The van der Waals surface area contributed by atoms with E-state index in [1.165, 1.54) is 6.26 Å². The Morgan fingerprint density at radius 1 is 1.25 bits per heavy atom. The van der Waals surface area contributed by atoms with Crippen molar-refractivity contribution < 1.29 is 18.7 Å². The summed E-state index contributed by atoms with van der Waals surface area (Å²) in [5, 5.41) is 2.74. The molecule has 104 valence electrons. The summed E-state index contributed by atoms with van der Waals surface area (Å²) in [6.45, 7) is 2.69. The zero-order valence-electron chi connectivity index (χ0n) is 10.9. The van der Waals surface area contributed by atoms with Crippen molar-refractivity contribution in [3.05, 3.63) is 35.8 Å². The summed E-state index contributed by atoms with van der Waals surface area (Å²) in [6.07, 6.45) is 1.47. The van der Waals surface area contributed by atoms with Crippen molar-refractivity contribution in [2.45, 2.75) is 6.92 Å². The first-order valence-corrected chi connectivity index (χ1v) is 6.19. The predicted octanol–water partition coefficient (Wildman–Crippen LogP) is 2.19. The molecule has 20 heavy (non-hydrogen) atoms. The first-order chi connectivity index (χ1) is 9.65. The van der Waals surface area contributed by atoms with E-state index in [4.69, 9.17) is 19.6 Å². The Morgan fingerprint density at radius 3 is 2.60 bits per heavy atom. The van der Waals surface area contributed by atoms with Crippen molar-refractivity contribution in [1.82, 2.24) is 0 Å². The van der Waals surface area contributed by atoms with E-state index in [-0.39, 0.29) is 5.91 Å². The Labute approximate surface area is 115 Å². The van der Waals surface area contributed by atoms with Crippen LogP contribution in [0.25, 0.3) is 0 Å². The van der Waals surface area contributed by atoms with Gasteiger partial charge in [0.15, 0.2) is 11.5 Å². The van der Waals surface area contributed by atoms with E-state index in [2.05, 4.69) is 5.32 Å². The third-order valence-corrected chi connectivity index (χ3v) is 3.07. The highest BCUT2D eigenvalue weighted by Gasteiger charge is 2.17. The lowest BCUT2D eigenvalue weighted by Gasteiger charge is -2.20. The SMILES string of the molecule is Cc1occc1C(=O)Nc1cc2c(cc1N)OCCO2. The normalized spacial score (nSPS) is 13.1. The minimum absolute atomic E-state index is 0.278. The van der Waals surface area contributed by atoms with Crippen LogP contribution in [-0.2, 0) is 0 Å². The number of benzene rings is 1. The van der Waals surface area contributed by atoms with Crippen molar-refractivity contribution in [3.63, 3.8) is 0 Å². The van der Waals surface area contributed by atoms with Gasteiger partial charge in [0, 0.05) is 12.1 Å². The highest BCUT2D eigenvalue weighted by atomic mass is 16.6. The number of ether oxygens (including phenoxy) is 2. The van der Waals surface area contributed by atoms with Crippen LogP contribution in [0.1, 0.15) is 16.1 Å². The van der Waals surface area contributed by atoms with Crippen LogP contribution in [0, 0.1) is 6.92 Å². The lowest BCUT2D eigenvalue weighted by atomic mass is 10.2. The first kappa shape index (κ1) is 12.4. The summed E-state index contributed by atoms with van der Waals surface area (Å²) in [7, 11) is 0. The number of amides is 1. The number of furan rings is 1. The molecule has 0 saturated heterocycles. The standard InChI is InChI=1S/C14H14N2O4/c1-8-9(2-3-18-8)14(17)16-11-7-13-12(6-10(11)15)19-4-5-20-13/h2-3,6-7H,4-5,15H2,1H3,(H,16,17). The van der Waals surface area contributed by atoms with Crippen molar-refractivity contribution in [2.75, 3.05) is 24.3 Å². The fourth-order valence-corrected chi connectivity index (χ4v) is 2.02. The lowest BCUT2D eigenvalue weighted by molar-refractivity contribution is 0.102. The third kappa shape index (κ3) is 2.16. The fourth-order valence-electron chi connectivity index (χ4n) is 2.02. The molecule has 0 spiro atoms. The minimum atomic E-state index is -0.278. The van der Waals surface area contributed by atoms with Crippen LogP contribution < -0.4 is 20.5 Å². The number of hydrogen-bond acceptors (Lipinski definition) is 5. The Hall–Kier alpha value is -2.63. The maximum atomic E-state index is 12.1. The number of nitrogen functional groups attached to an aromatic ring is 1. The molecule has 0 bridgehead atoms. The zero-order chi connectivity index (χ0) is 14.1. The van der Waals surface area contributed by atoms with Gasteiger partial charge in [-0.15, -0.1) is 0 Å². The lowest BCUT2D eigenvalue weighted by Crippen LogP contribution is -2.17. The van der Waals surface area contributed by atoms with Gasteiger partial charge < -0.3 is 24.9 Å². The summed E-state index contributed by atoms with van der Waals surface area (Å²) in [5.74, 6) is 1.44. The molecule has 0 aliphatic carbocycles. The fraction of sp³-hybridized carbons (Fsp3) is 0.214. The molecular weight excluding hydrogens is 260 g/mol. The Morgan fingerprint density at radius 2 is 1.95 bits per heavy atom. The monoisotopic (exact) mass is 274 g/mol. The van der Waals surface area contributed by atoms with Gasteiger partial charge in [-0.1, -0.05) is 0 Å². The molecule has 3 rings (SSSR count). The molecule has 3 N–H and O–H groups in total. The van der Waals surface area contributed by atoms with Crippen molar-refractivity contribution in [1.29, 1.82) is 0 Å². The Bertz CT molecular complexity index is 663. The van der Waals surface area contributed by atoms with Crippen LogP contribution in [0.5, 0.6) is 11.5 Å². The van der Waals surface area contributed by atoms with Crippen LogP contribution in [0.3, 0.4) is 0 Å². The van der Waals surface area contributed by atoms with Gasteiger partial charge in [-0.2, -0.15) is 0 Å². The van der Waals surface area contributed by atoms with E-state index in [1.807, 2.05) is 0 Å². The molecule has 0 fully saturated rings. The van der Waals surface area contributed by atoms with E-state index in [9.17, 15) is 4.79 Å². The van der Waals surface area contributed by atoms with E-state index in [1.54, 1.807) is 25.1 Å². The predicted molar refractivity (Wildman–Crippen MR) is 73.2 cm³/mol. The minimum Gasteiger partial charge on any atom is -0.486 e. The number of nitrogens with two attached hydrogens (primary N) is 1. The van der Waals surface area contributed by atoms with Gasteiger partial charge >= 0.3 is 0 Å². The van der Waals surface area contributed by atoms with Crippen LogP contribution in [-0.4, -0.2) is 19.1 Å². The highest BCUT2D eigenvalue weighted by Crippen LogP contribution is 2.37. The molecule has 0 saturated carbocycles. The summed E-state index contributed by atoms with van der Waals surface area (Å²) >= 11 is 0. The second kappa shape index (κ2) is 4.80. The molecular formula is C14H14N2O4. The summed E-state index contributed by atoms with van der Waals surface area (Å²) in [4.78, 5) is 12.1. The summed E-state index contributed by atoms with van der Waals surface area (Å²) in [6, 6.07) is 4.92. The van der Waals surface area contributed by atoms with Crippen LogP contribution in [0.15, 0.2) is 28.9 Å². The molecule has 0 atom stereocenters. The molecule has 1 aromatic heterocycles. The zero-order valence-corrected chi connectivity index (χ0v) is 10.9.